The number of fused-ring (bicyclic) bond motifs is 1. The van der Waals surface area contributed by atoms with Crippen LogP contribution in [0.1, 0.15) is 5.56 Å². The van der Waals surface area contributed by atoms with Crippen LogP contribution in [0, 0.1) is 6.92 Å². The minimum atomic E-state index is -0.502. The Morgan fingerprint density at radius 2 is 2.14 bits per heavy atom. The van der Waals surface area contributed by atoms with Crippen LogP contribution in [0.4, 0.5) is 0 Å². The average molecular weight is 255 g/mol. The SMILES string of the molecule is Cc1c(O)c2cc(Br)ccc2oc1=O. The topological polar surface area (TPSA) is 50.4 Å². The molecule has 3 nitrogen and oxygen atoms in total. The van der Waals surface area contributed by atoms with Crippen LogP contribution in [-0.2, 0) is 0 Å². The van der Waals surface area contributed by atoms with Gasteiger partial charge in [-0.15, -0.1) is 0 Å². The van der Waals surface area contributed by atoms with E-state index in [-0.39, 0.29) is 11.3 Å². The van der Waals surface area contributed by atoms with Crippen molar-refractivity contribution in [1.29, 1.82) is 0 Å². The monoisotopic (exact) mass is 254 g/mol. The van der Waals surface area contributed by atoms with Gasteiger partial charge in [-0.1, -0.05) is 15.9 Å². The van der Waals surface area contributed by atoms with Gasteiger partial charge in [0.05, 0.1) is 10.9 Å². The fourth-order valence-electron chi connectivity index (χ4n) is 1.25. The maximum absolute atomic E-state index is 11.2. The zero-order valence-electron chi connectivity index (χ0n) is 7.37. The van der Waals surface area contributed by atoms with Crippen molar-refractivity contribution < 1.29 is 9.52 Å². The lowest BCUT2D eigenvalue weighted by Gasteiger charge is -2.02. The summed E-state index contributed by atoms with van der Waals surface area (Å²) in [5, 5.41) is 10.2. The zero-order chi connectivity index (χ0) is 10.3. The number of rotatable bonds is 0. The van der Waals surface area contributed by atoms with Crippen molar-refractivity contribution in [1.82, 2.24) is 0 Å². The molecule has 1 heterocycles. The molecule has 0 radical (unpaired) electrons. The molecule has 0 amide bonds. The van der Waals surface area contributed by atoms with Crippen LogP contribution >= 0.6 is 15.9 Å². The summed E-state index contributed by atoms with van der Waals surface area (Å²) in [4.78, 5) is 11.2. The standard InChI is InChI=1S/C10H7BrO3/c1-5-9(12)7-4-6(11)2-3-8(7)14-10(5)13/h2-4,12H,1H3. The van der Waals surface area contributed by atoms with Crippen LogP contribution < -0.4 is 5.63 Å². The van der Waals surface area contributed by atoms with Gasteiger partial charge in [0, 0.05) is 4.47 Å². The zero-order valence-corrected chi connectivity index (χ0v) is 8.96. The molecule has 1 aromatic carbocycles. The van der Waals surface area contributed by atoms with Gasteiger partial charge in [-0.05, 0) is 25.1 Å². The minimum absolute atomic E-state index is 0.0162. The predicted molar refractivity (Wildman–Crippen MR) is 56.6 cm³/mol. The Morgan fingerprint density at radius 1 is 1.43 bits per heavy atom. The minimum Gasteiger partial charge on any atom is -0.507 e. The molecule has 0 atom stereocenters. The van der Waals surface area contributed by atoms with E-state index in [0.717, 1.165) is 4.47 Å². The van der Waals surface area contributed by atoms with Crippen molar-refractivity contribution >= 4 is 26.9 Å². The van der Waals surface area contributed by atoms with Crippen molar-refractivity contribution in [2.45, 2.75) is 6.92 Å². The summed E-state index contributed by atoms with van der Waals surface area (Å²) < 4.78 is 5.82. The van der Waals surface area contributed by atoms with Crippen LogP contribution in [0.5, 0.6) is 5.75 Å². The van der Waals surface area contributed by atoms with Gasteiger partial charge in [0.2, 0.25) is 0 Å². The smallest absolute Gasteiger partial charge is 0.342 e. The molecule has 2 rings (SSSR count). The van der Waals surface area contributed by atoms with Crippen LogP contribution in [0.15, 0.2) is 31.9 Å². The molecule has 0 fully saturated rings. The van der Waals surface area contributed by atoms with Gasteiger partial charge in [-0.3, -0.25) is 0 Å². The first-order valence-electron chi connectivity index (χ1n) is 4.01. The predicted octanol–water partition coefficient (Wildman–Crippen LogP) is 2.57. The first-order valence-corrected chi connectivity index (χ1v) is 4.81. The number of hydrogen-bond acceptors (Lipinski definition) is 3. The highest BCUT2D eigenvalue weighted by Gasteiger charge is 2.09. The largest absolute Gasteiger partial charge is 0.507 e. The first-order chi connectivity index (χ1) is 6.59. The molecule has 0 unspecified atom stereocenters. The van der Waals surface area contributed by atoms with Gasteiger partial charge in [-0.2, -0.15) is 0 Å². The van der Waals surface area contributed by atoms with E-state index in [1.807, 2.05) is 0 Å². The Kier molecular flexibility index (Phi) is 2.07. The van der Waals surface area contributed by atoms with E-state index >= 15 is 0 Å². The van der Waals surface area contributed by atoms with Crippen molar-refractivity contribution in [2.75, 3.05) is 0 Å². The lowest BCUT2D eigenvalue weighted by atomic mass is 10.2. The molecule has 2 aromatic rings. The molecule has 0 saturated heterocycles. The molecule has 4 heteroatoms. The second-order valence-corrected chi connectivity index (χ2v) is 3.92. The van der Waals surface area contributed by atoms with Crippen LogP contribution in [0.2, 0.25) is 0 Å². The molecule has 0 aliphatic rings. The van der Waals surface area contributed by atoms with Crippen molar-refractivity contribution in [3.63, 3.8) is 0 Å². The van der Waals surface area contributed by atoms with Crippen LogP contribution in [0.3, 0.4) is 0 Å². The van der Waals surface area contributed by atoms with E-state index < -0.39 is 5.63 Å². The molecule has 72 valence electrons. The van der Waals surface area contributed by atoms with Crippen molar-refractivity contribution in [3.05, 3.63) is 38.7 Å². The van der Waals surface area contributed by atoms with Gasteiger partial charge in [-0.25, -0.2) is 4.79 Å². The lowest BCUT2D eigenvalue weighted by Crippen LogP contribution is -2.02. The molecule has 0 bridgehead atoms. The van der Waals surface area contributed by atoms with Crippen molar-refractivity contribution in [2.24, 2.45) is 0 Å². The number of benzene rings is 1. The maximum atomic E-state index is 11.2. The normalized spacial score (nSPS) is 10.7. The van der Waals surface area contributed by atoms with E-state index in [1.54, 1.807) is 18.2 Å². The third kappa shape index (κ3) is 1.32. The van der Waals surface area contributed by atoms with Gasteiger partial charge in [0.1, 0.15) is 11.3 Å². The molecule has 14 heavy (non-hydrogen) atoms. The average Bonchev–Trinajstić information content (AvgIpc) is 2.16. The summed E-state index contributed by atoms with van der Waals surface area (Å²) in [6.45, 7) is 1.53. The lowest BCUT2D eigenvalue weighted by molar-refractivity contribution is 0.461. The number of halogens is 1. The third-order valence-corrected chi connectivity index (χ3v) is 2.55. The fourth-order valence-corrected chi connectivity index (χ4v) is 1.61. The molecule has 0 saturated carbocycles. The van der Waals surface area contributed by atoms with Gasteiger partial charge in [0.15, 0.2) is 0 Å². The Balaban J connectivity index is 2.99. The quantitative estimate of drug-likeness (QED) is 0.736. The number of aromatic hydroxyl groups is 1. The Labute approximate surface area is 88.1 Å². The number of hydrogen-bond donors (Lipinski definition) is 1. The van der Waals surface area contributed by atoms with Gasteiger partial charge >= 0.3 is 5.63 Å². The third-order valence-electron chi connectivity index (χ3n) is 2.06. The molecule has 1 aromatic heterocycles. The van der Waals surface area contributed by atoms with E-state index in [1.165, 1.54) is 6.92 Å². The van der Waals surface area contributed by atoms with Crippen LogP contribution in [0.25, 0.3) is 11.0 Å². The van der Waals surface area contributed by atoms with E-state index in [4.69, 9.17) is 4.42 Å². The van der Waals surface area contributed by atoms with E-state index in [2.05, 4.69) is 15.9 Å². The molecule has 1 N–H and O–H groups in total. The highest BCUT2D eigenvalue weighted by molar-refractivity contribution is 9.10. The van der Waals surface area contributed by atoms with Crippen LogP contribution in [-0.4, -0.2) is 5.11 Å². The van der Waals surface area contributed by atoms with Gasteiger partial charge in [0.25, 0.3) is 0 Å². The molecular formula is C10H7BrO3. The summed E-state index contributed by atoms with van der Waals surface area (Å²) >= 11 is 3.28. The Bertz CT molecular complexity index is 557. The first kappa shape index (κ1) is 9.27. The highest BCUT2D eigenvalue weighted by Crippen LogP contribution is 2.28. The molecular weight excluding hydrogens is 248 g/mol. The van der Waals surface area contributed by atoms with Gasteiger partial charge < -0.3 is 9.52 Å². The Hall–Kier alpha value is -1.29. The second kappa shape index (κ2) is 3.13. The summed E-state index contributed by atoms with van der Waals surface area (Å²) in [6.07, 6.45) is 0. The van der Waals surface area contributed by atoms with E-state index in [0.29, 0.717) is 11.0 Å². The fraction of sp³-hybridized carbons (Fsp3) is 0.100. The summed E-state index contributed by atoms with van der Waals surface area (Å²) in [5.74, 6) is -0.0162. The molecule has 0 aliphatic carbocycles. The molecule has 0 aliphatic heterocycles. The molecule has 0 spiro atoms. The maximum Gasteiger partial charge on any atom is 0.342 e. The highest BCUT2D eigenvalue weighted by atomic mass is 79.9. The summed E-state index contributed by atoms with van der Waals surface area (Å²) in [6, 6.07) is 5.10. The Morgan fingerprint density at radius 3 is 2.86 bits per heavy atom. The summed E-state index contributed by atoms with van der Waals surface area (Å²) in [5.41, 5.74) is 0.120. The summed E-state index contributed by atoms with van der Waals surface area (Å²) in [7, 11) is 0. The van der Waals surface area contributed by atoms with E-state index in [9.17, 15) is 9.90 Å². The second-order valence-electron chi connectivity index (χ2n) is 3.00. The van der Waals surface area contributed by atoms with Crippen molar-refractivity contribution in [3.8, 4) is 5.75 Å².